The summed E-state index contributed by atoms with van der Waals surface area (Å²) in [5.41, 5.74) is 3.67. The van der Waals surface area contributed by atoms with Crippen LogP contribution in [0.2, 0.25) is 0 Å². The Morgan fingerprint density at radius 3 is 2.89 bits per heavy atom. The summed E-state index contributed by atoms with van der Waals surface area (Å²) in [5, 5.41) is 4.69. The first-order valence-corrected chi connectivity index (χ1v) is 7.08. The van der Waals surface area contributed by atoms with Crippen LogP contribution in [0.15, 0.2) is 24.4 Å². The van der Waals surface area contributed by atoms with E-state index in [2.05, 4.69) is 31.0 Å². The standard InChI is InChI=1S/C15H21N3O/c1-3-13-15(14-6-4-5-9-18(14)16-13)17(2)12-7-10-19-11-8-12/h4-6,9,12H,3,7-8,10-11H2,1-2H3. The second-order valence-electron chi connectivity index (χ2n) is 5.13. The summed E-state index contributed by atoms with van der Waals surface area (Å²) in [7, 11) is 2.19. The van der Waals surface area contributed by atoms with Crippen molar-refractivity contribution in [2.45, 2.75) is 32.2 Å². The third-order valence-electron chi connectivity index (χ3n) is 4.01. The van der Waals surface area contributed by atoms with E-state index in [1.165, 1.54) is 16.9 Å². The number of fused-ring (bicyclic) bond motifs is 1. The molecule has 1 aliphatic rings. The summed E-state index contributed by atoms with van der Waals surface area (Å²) in [6.45, 7) is 3.91. The molecule has 3 heterocycles. The predicted molar refractivity (Wildman–Crippen MR) is 76.8 cm³/mol. The fourth-order valence-electron chi connectivity index (χ4n) is 2.91. The Bertz CT molecular complexity index is 558. The first-order chi connectivity index (χ1) is 9.31. The number of aromatic nitrogens is 2. The van der Waals surface area contributed by atoms with Gasteiger partial charge in [0.1, 0.15) is 0 Å². The molecule has 102 valence electrons. The van der Waals surface area contributed by atoms with Crippen molar-refractivity contribution in [2.24, 2.45) is 0 Å². The molecule has 4 nitrogen and oxygen atoms in total. The number of rotatable bonds is 3. The maximum atomic E-state index is 5.46. The largest absolute Gasteiger partial charge is 0.381 e. The smallest absolute Gasteiger partial charge is 0.0898 e. The third-order valence-corrected chi connectivity index (χ3v) is 4.01. The minimum atomic E-state index is 0.562. The first kappa shape index (κ1) is 12.5. The van der Waals surface area contributed by atoms with Crippen LogP contribution in [0.5, 0.6) is 0 Å². The Labute approximate surface area is 114 Å². The zero-order valence-corrected chi connectivity index (χ0v) is 11.7. The molecule has 0 radical (unpaired) electrons. The fourth-order valence-corrected chi connectivity index (χ4v) is 2.91. The van der Waals surface area contributed by atoms with Crippen LogP contribution in [0.1, 0.15) is 25.5 Å². The highest BCUT2D eigenvalue weighted by Gasteiger charge is 2.23. The molecule has 0 spiro atoms. The van der Waals surface area contributed by atoms with Gasteiger partial charge in [0, 0.05) is 32.5 Å². The van der Waals surface area contributed by atoms with Crippen LogP contribution in [0, 0.1) is 0 Å². The van der Waals surface area contributed by atoms with E-state index in [9.17, 15) is 0 Å². The van der Waals surface area contributed by atoms with Gasteiger partial charge in [0.2, 0.25) is 0 Å². The van der Waals surface area contributed by atoms with Crippen molar-refractivity contribution in [3.05, 3.63) is 30.1 Å². The Hall–Kier alpha value is -1.55. The molecule has 0 saturated carbocycles. The molecule has 0 unspecified atom stereocenters. The molecule has 2 aromatic heterocycles. The lowest BCUT2D eigenvalue weighted by molar-refractivity contribution is 0.0855. The van der Waals surface area contributed by atoms with Crippen molar-refractivity contribution in [2.75, 3.05) is 25.2 Å². The quantitative estimate of drug-likeness (QED) is 0.848. The number of hydrogen-bond donors (Lipinski definition) is 0. The van der Waals surface area contributed by atoms with Crippen molar-refractivity contribution in [3.8, 4) is 0 Å². The number of hydrogen-bond acceptors (Lipinski definition) is 3. The average Bonchev–Trinajstić information content (AvgIpc) is 2.86. The molecule has 0 atom stereocenters. The summed E-state index contributed by atoms with van der Waals surface area (Å²) < 4.78 is 7.45. The van der Waals surface area contributed by atoms with E-state index < -0.39 is 0 Å². The number of nitrogens with zero attached hydrogens (tertiary/aromatic N) is 3. The van der Waals surface area contributed by atoms with Crippen molar-refractivity contribution in [1.82, 2.24) is 9.61 Å². The molecule has 0 bridgehead atoms. The highest BCUT2D eigenvalue weighted by atomic mass is 16.5. The second-order valence-corrected chi connectivity index (χ2v) is 5.13. The Kier molecular flexibility index (Phi) is 3.42. The lowest BCUT2D eigenvalue weighted by Gasteiger charge is -2.32. The van der Waals surface area contributed by atoms with Crippen molar-refractivity contribution >= 4 is 11.2 Å². The van der Waals surface area contributed by atoms with Gasteiger partial charge >= 0.3 is 0 Å². The van der Waals surface area contributed by atoms with Crippen molar-refractivity contribution < 1.29 is 4.74 Å². The zero-order chi connectivity index (χ0) is 13.2. The van der Waals surface area contributed by atoms with E-state index in [-0.39, 0.29) is 0 Å². The maximum absolute atomic E-state index is 5.46. The van der Waals surface area contributed by atoms with Gasteiger partial charge in [-0.05, 0) is 31.4 Å². The van der Waals surface area contributed by atoms with Crippen LogP contribution in [0.3, 0.4) is 0 Å². The number of pyridine rings is 1. The third kappa shape index (κ3) is 2.21. The molecule has 0 N–H and O–H groups in total. The topological polar surface area (TPSA) is 29.8 Å². The van der Waals surface area contributed by atoms with E-state index in [4.69, 9.17) is 9.84 Å². The molecule has 2 aromatic rings. The normalized spacial score (nSPS) is 16.9. The minimum Gasteiger partial charge on any atom is -0.381 e. The fraction of sp³-hybridized carbons (Fsp3) is 0.533. The summed E-state index contributed by atoms with van der Waals surface area (Å²) in [4.78, 5) is 2.41. The molecule has 1 saturated heterocycles. The van der Waals surface area contributed by atoms with Gasteiger partial charge < -0.3 is 9.64 Å². The van der Waals surface area contributed by atoms with Crippen LogP contribution in [-0.2, 0) is 11.2 Å². The molecule has 19 heavy (non-hydrogen) atoms. The van der Waals surface area contributed by atoms with Crippen LogP contribution < -0.4 is 4.90 Å². The number of ether oxygens (including phenoxy) is 1. The lowest BCUT2D eigenvalue weighted by atomic mass is 10.1. The highest BCUT2D eigenvalue weighted by molar-refractivity contribution is 5.76. The molecular formula is C15H21N3O. The summed E-state index contributed by atoms with van der Waals surface area (Å²) in [6.07, 6.45) is 5.19. The maximum Gasteiger partial charge on any atom is 0.0898 e. The molecule has 1 fully saturated rings. The molecule has 0 aliphatic carbocycles. The zero-order valence-electron chi connectivity index (χ0n) is 11.7. The van der Waals surface area contributed by atoms with Gasteiger partial charge in [-0.3, -0.25) is 0 Å². The SMILES string of the molecule is CCc1nn2ccccc2c1N(C)C1CCOCC1. The van der Waals surface area contributed by atoms with E-state index >= 15 is 0 Å². The molecular weight excluding hydrogens is 238 g/mol. The molecule has 4 heteroatoms. The van der Waals surface area contributed by atoms with Gasteiger partial charge in [0.15, 0.2) is 0 Å². The van der Waals surface area contributed by atoms with Gasteiger partial charge in [-0.25, -0.2) is 4.52 Å². The van der Waals surface area contributed by atoms with E-state index in [0.29, 0.717) is 6.04 Å². The Morgan fingerprint density at radius 1 is 1.37 bits per heavy atom. The van der Waals surface area contributed by atoms with Gasteiger partial charge in [-0.1, -0.05) is 13.0 Å². The van der Waals surface area contributed by atoms with Crippen molar-refractivity contribution in [1.29, 1.82) is 0 Å². The van der Waals surface area contributed by atoms with Crippen LogP contribution >= 0.6 is 0 Å². The van der Waals surface area contributed by atoms with E-state index in [1.807, 2.05) is 16.8 Å². The molecule has 0 aromatic carbocycles. The molecule has 1 aliphatic heterocycles. The predicted octanol–water partition coefficient (Wildman–Crippen LogP) is 2.51. The molecule has 0 amide bonds. The monoisotopic (exact) mass is 259 g/mol. The van der Waals surface area contributed by atoms with Crippen LogP contribution in [-0.4, -0.2) is 35.9 Å². The van der Waals surface area contributed by atoms with E-state index in [1.54, 1.807) is 0 Å². The number of aryl methyl sites for hydroxylation is 1. The Balaban J connectivity index is 2.02. The summed E-state index contributed by atoms with van der Waals surface area (Å²) in [6, 6.07) is 6.82. The summed E-state index contributed by atoms with van der Waals surface area (Å²) >= 11 is 0. The van der Waals surface area contributed by atoms with Crippen molar-refractivity contribution in [3.63, 3.8) is 0 Å². The highest BCUT2D eigenvalue weighted by Crippen LogP contribution is 2.29. The summed E-state index contributed by atoms with van der Waals surface area (Å²) in [5.74, 6) is 0. The van der Waals surface area contributed by atoms with Crippen LogP contribution in [0.4, 0.5) is 5.69 Å². The first-order valence-electron chi connectivity index (χ1n) is 7.08. The second kappa shape index (κ2) is 5.21. The number of anilines is 1. The van der Waals surface area contributed by atoms with Gasteiger partial charge in [-0.2, -0.15) is 5.10 Å². The lowest BCUT2D eigenvalue weighted by Crippen LogP contribution is -2.37. The molecule has 3 rings (SSSR count). The van der Waals surface area contributed by atoms with Gasteiger partial charge in [0.05, 0.1) is 16.9 Å². The Morgan fingerprint density at radius 2 is 2.16 bits per heavy atom. The average molecular weight is 259 g/mol. The van der Waals surface area contributed by atoms with Gasteiger partial charge in [0.25, 0.3) is 0 Å². The van der Waals surface area contributed by atoms with Gasteiger partial charge in [-0.15, -0.1) is 0 Å². The van der Waals surface area contributed by atoms with Crippen LogP contribution in [0.25, 0.3) is 5.52 Å². The minimum absolute atomic E-state index is 0.562. The van der Waals surface area contributed by atoms with E-state index in [0.717, 1.165) is 32.5 Å².